The van der Waals surface area contributed by atoms with E-state index in [4.69, 9.17) is 0 Å². The summed E-state index contributed by atoms with van der Waals surface area (Å²) in [5, 5.41) is 0. The van der Waals surface area contributed by atoms with Crippen LogP contribution in [0.5, 0.6) is 0 Å². The van der Waals surface area contributed by atoms with Crippen LogP contribution in [0.25, 0.3) is 0 Å². The van der Waals surface area contributed by atoms with E-state index in [1.165, 1.54) is 22.7 Å². The minimum Gasteiger partial charge on any atom is -0.0653 e. The van der Waals surface area contributed by atoms with Crippen molar-refractivity contribution in [1.29, 1.82) is 0 Å². The predicted octanol–water partition coefficient (Wildman–Crippen LogP) is 4.28. The molecule has 0 unspecified atom stereocenters. The Kier molecular flexibility index (Phi) is 3.25. The number of rotatable bonds is 2. The molecule has 1 fully saturated rings. The largest absolute Gasteiger partial charge is 0.0653 e. The average molecular weight is 255 g/mol. The summed E-state index contributed by atoms with van der Waals surface area (Å²) in [5.41, 5.74) is 1.95. The molecule has 0 nitrogen and oxygen atoms in total. The SMILES string of the molecule is CC1(C)C(C)(C)C(C)(C)C(C)(CC[SiH3])C1(C)C. The van der Waals surface area contributed by atoms with Crippen molar-refractivity contribution < 1.29 is 0 Å². The molecule has 0 aliphatic heterocycles. The highest BCUT2D eigenvalue weighted by molar-refractivity contribution is 6.08. The third-order valence-electron chi connectivity index (χ3n) is 8.20. The van der Waals surface area contributed by atoms with Gasteiger partial charge >= 0.3 is 0 Å². The summed E-state index contributed by atoms with van der Waals surface area (Å²) in [6.45, 7) is 22.6. The molecule has 0 amide bonds. The van der Waals surface area contributed by atoms with Gasteiger partial charge in [0, 0.05) is 10.2 Å². The van der Waals surface area contributed by atoms with Crippen molar-refractivity contribution in [1.82, 2.24) is 0 Å². The minimum atomic E-state index is 0.370. The van der Waals surface area contributed by atoms with Gasteiger partial charge in [-0.25, -0.2) is 0 Å². The molecule has 1 rings (SSSR count). The number of hydrogen-bond acceptors (Lipinski definition) is 0. The molecule has 0 spiro atoms. The van der Waals surface area contributed by atoms with Gasteiger partial charge in [0.05, 0.1) is 0 Å². The summed E-state index contributed by atoms with van der Waals surface area (Å²) in [6.07, 6.45) is 1.39. The fourth-order valence-electron chi connectivity index (χ4n) is 4.85. The molecule has 0 saturated heterocycles. The highest BCUT2D eigenvalue weighted by Crippen LogP contribution is 2.78. The van der Waals surface area contributed by atoms with E-state index >= 15 is 0 Å². The Morgan fingerprint density at radius 1 is 0.588 bits per heavy atom. The van der Waals surface area contributed by atoms with E-state index in [0.717, 1.165) is 0 Å². The van der Waals surface area contributed by atoms with Gasteiger partial charge in [0.1, 0.15) is 0 Å². The van der Waals surface area contributed by atoms with Gasteiger partial charge in [-0.05, 0) is 33.5 Å². The maximum absolute atomic E-state index is 2.56. The molecule has 0 bridgehead atoms. The molecule has 0 radical (unpaired) electrons. The minimum absolute atomic E-state index is 0.370. The second-order valence-corrected chi connectivity index (χ2v) is 9.58. The standard InChI is InChI=1S/C16H34Si/c1-12(2)13(3,4)15(7,8)16(9,10-11-17)14(12,5)6/h10-11H2,1-9,17H3. The van der Waals surface area contributed by atoms with Crippen LogP contribution in [0.4, 0.5) is 0 Å². The fourth-order valence-corrected chi connectivity index (χ4v) is 5.85. The van der Waals surface area contributed by atoms with E-state index in [-0.39, 0.29) is 0 Å². The lowest BCUT2D eigenvalue weighted by atomic mass is 9.55. The molecule has 17 heavy (non-hydrogen) atoms. The zero-order valence-corrected chi connectivity index (χ0v) is 15.9. The van der Waals surface area contributed by atoms with Gasteiger partial charge in [0.25, 0.3) is 0 Å². The molecule has 0 N–H and O–H groups in total. The molecule has 0 aromatic rings. The summed E-state index contributed by atoms with van der Waals surface area (Å²) >= 11 is 0. The summed E-state index contributed by atoms with van der Waals surface area (Å²) in [5.74, 6) is 0. The molecule has 0 heterocycles. The van der Waals surface area contributed by atoms with Gasteiger partial charge in [0.2, 0.25) is 0 Å². The average Bonchev–Trinajstić information content (AvgIpc) is 2.19. The Bertz CT molecular complexity index is 281. The summed E-state index contributed by atoms with van der Waals surface area (Å²) in [4.78, 5) is 0. The van der Waals surface area contributed by atoms with Crippen LogP contribution in [-0.4, -0.2) is 10.2 Å². The lowest BCUT2D eigenvalue weighted by Gasteiger charge is -2.50. The normalized spacial score (nSPS) is 31.6. The van der Waals surface area contributed by atoms with Crippen LogP contribution in [0.2, 0.25) is 6.04 Å². The second kappa shape index (κ2) is 3.62. The van der Waals surface area contributed by atoms with Crippen LogP contribution in [0.15, 0.2) is 0 Å². The van der Waals surface area contributed by atoms with Crippen molar-refractivity contribution in [3.8, 4) is 0 Å². The quantitative estimate of drug-likeness (QED) is 0.645. The number of hydrogen-bond donors (Lipinski definition) is 0. The maximum atomic E-state index is 2.56. The first-order valence-corrected chi connectivity index (χ1v) is 8.72. The Labute approximate surface area is 112 Å². The van der Waals surface area contributed by atoms with Gasteiger partial charge in [-0.2, -0.15) is 0 Å². The Hall–Kier alpha value is 0.217. The maximum Gasteiger partial charge on any atom is 0.00282 e. The summed E-state index contributed by atoms with van der Waals surface area (Å²) < 4.78 is 0. The molecule has 1 aliphatic rings. The molecule has 0 atom stereocenters. The van der Waals surface area contributed by atoms with Gasteiger partial charge < -0.3 is 0 Å². The van der Waals surface area contributed by atoms with E-state index in [1.54, 1.807) is 0 Å². The van der Waals surface area contributed by atoms with E-state index in [2.05, 4.69) is 62.3 Å². The van der Waals surface area contributed by atoms with E-state index in [1.807, 2.05) is 0 Å². The summed E-state index contributed by atoms with van der Waals surface area (Å²) in [6, 6.07) is 1.43. The van der Waals surface area contributed by atoms with Crippen LogP contribution < -0.4 is 0 Å². The van der Waals surface area contributed by atoms with Crippen LogP contribution in [-0.2, 0) is 0 Å². The van der Waals surface area contributed by atoms with E-state index < -0.39 is 0 Å². The first-order chi connectivity index (χ1) is 7.31. The molecule has 102 valence electrons. The Morgan fingerprint density at radius 2 is 0.882 bits per heavy atom. The van der Waals surface area contributed by atoms with Crippen LogP contribution in [0.1, 0.15) is 68.7 Å². The smallest absolute Gasteiger partial charge is 0.00282 e. The predicted molar refractivity (Wildman–Crippen MR) is 82.6 cm³/mol. The Morgan fingerprint density at radius 3 is 1.12 bits per heavy atom. The van der Waals surface area contributed by atoms with Crippen molar-refractivity contribution in [2.45, 2.75) is 74.8 Å². The monoisotopic (exact) mass is 254 g/mol. The lowest BCUT2D eigenvalue weighted by molar-refractivity contribution is -0.00936. The molecule has 1 saturated carbocycles. The third kappa shape index (κ3) is 1.35. The highest BCUT2D eigenvalue weighted by atomic mass is 28.1. The van der Waals surface area contributed by atoms with Crippen molar-refractivity contribution >= 4 is 10.2 Å². The second-order valence-electron chi connectivity index (χ2n) is 8.58. The van der Waals surface area contributed by atoms with Crippen molar-refractivity contribution in [2.24, 2.45) is 27.1 Å². The van der Waals surface area contributed by atoms with Crippen molar-refractivity contribution in [3.63, 3.8) is 0 Å². The Balaban J connectivity index is 3.53. The lowest BCUT2D eigenvalue weighted by Crippen LogP contribution is -2.43. The molecule has 0 aromatic heterocycles. The van der Waals surface area contributed by atoms with Gasteiger partial charge in [-0.1, -0.05) is 68.4 Å². The van der Waals surface area contributed by atoms with Crippen LogP contribution in [0.3, 0.4) is 0 Å². The van der Waals surface area contributed by atoms with Crippen LogP contribution in [0, 0.1) is 27.1 Å². The summed E-state index contributed by atoms with van der Waals surface area (Å²) in [7, 11) is 1.33. The highest BCUT2D eigenvalue weighted by Gasteiger charge is 2.72. The molecule has 1 aliphatic carbocycles. The first-order valence-electron chi connectivity index (χ1n) is 7.31. The zero-order valence-electron chi connectivity index (χ0n) is 13.9. The van der Waals surface area contributed by atoms with Gasteiger partial charge in [-0.15, -0.1) is 0 Å². The third-order valence-corrected chi connectivity index (χ3v) is 8.70. The zero-order chi connectivity index (χ0) is 13.9. The molecular formula is C16H34Si. The van der Waals surface area contributed by atoms with Crippen molar-refractivity contribution in [2.75, 3.05) is 0 Å². The fraction of sp³-hybridized carbons (Fsp3) is 1.00. The molecular weight excluding hydrogens is 220 g/mol. The van der Waals surface area contributed by atoms with Gasteiger partial charge in [0.15, 0.2) is 0 Å². The van der Waals surface area contributed by atoms with E-state index in [9.17, 15) is 0 Å². The molecule has 0 aromatic carbocycles. The molecule has 1 heteroatoms. The van der Waals surface area contributed by atoms with Crippen LogP contribution >= 0.6 is 0 Å². The van der Waals surface area contributed by atoms with Crippen molar-refractivity contribution in [3.05, 3.63) is 0 Å². The van der Waals surface area contributed by atoms with E-state index in [0.29, 0.717) is 27.1 Å². The van der Waals surface area contributed by atoms with Gasteiger partial charge in [-0.3, -0.25) is 0 Å². The topological polar surface area (TPSA) is 0 Å². The first kappa shape index (κ1) is 15.3.